The summed E-state index contributed by atoms with van der Waals surface area (Å²) in [5, 5.41) is 6.59. The molecule has 4 heteroatoms. The molecule has 0 spiro atoms. The molecule has 2 aromatic heterocycles. The standard InChI is InChI=1S/C14H13N3S/c1-2-4-14-11(3-1)5-6-12(17-14)7-15-8-13-9-18-10-16-13/h1-6,9-10,15H,7-8H2. The van der Waals surface area contributed by atoms with Gasteiger partial charge in [-0.3, -0.25) is 4.98 Å². The molecule has 0 aliphatic rings. The molecule has 2 heterocycles. The monoisotopic (exact) mass is 255 g/mol. The number of nitrogens with one attached hydrogen (secondary N) is 1. The lowest BCUT2D eigenvalue weighted by atomic mass is 10.2. The molecule has 0 radical (unpaired) electrons. The van der Waals surface area contributed by atoms with Crippen molar-refractivity contribution in [3.8, 4) is 0 Å². The molecule has 0 aliphatic carbocycles. The van der Waals surface area contributed by atoms with Crippen LogP contribution < -0.4 is 5.32 Å². The molecular formula is C14H13N3S. The first-order valence-electron chi connectivity index (χ1n) is 5.84. The van der Waals surface area contributed by atoms with Gasteiger partial charge in [-0.2, -0.15) is 0 Å². The maximum atomic E-state index is 4.61. The average molecular weight is 255 g/mol. The molecule has 1 aromatic carbocycles. The van der Waals surface area contributed by atoms with Crippen molar-refractivity contribution in [1.82, 2.24) is 15.3 Å². The third kappa shape index (κ3) is 2.55. The van der Waals surface area contributed by atoms with E-state index in [-0.39, 0.29) is 0 Å². The van der Waals surface area contributed by atoms with Gasteiger partial charge in [0.25, 0.3) is 0 Å². The van der Waals surface area contributed by atoms with Crippen LogP contribution in [0, 0.1) is 0 Å². The lowest BCUT2D eigenvalue weighted by Gasteiger charge is -2.04. The number of hydrogen-bond donors (Lipinski definition) is 1. The quantitative estimate of drug-likeness (QED) is 0.779. The van der Waals surface area contributed by atoms with E-state index in [1.165, 1.54) is 5.39 Å². The van der Waals surface area contributed by atoms with Crippen LogP contribution in [0.4, 0.5) is 0 Å². The van der Waals surface area contributed by atoms with Crippen LogP contribution >= 0.6 is 11.3 Å². The third-order valence-electron chi connectivity index (χ3n) is 2.75. The van der Waals surface area contributed by atoms with Crippen LogP contribution in [0.15, 0.2) is 47.3 Å². The maximum absolute atomic E-state index is 4.61. The zero-order valence-electron chi connectivity index (χ0n) is 9.84. The number of thiazole rings is 1. The average Bonchev–Trinajstić information content (AvgIpc) is 2.92. The molecule has 3 nitrogen and oxygen atoms in total. The number of pyridine rings is 1. The molecule has 0 aliphatic heterocycles. The van der Waals surface area contributed by atoms with E-state index < -0.39 is 0 Å². The van der Waals surface area contributed by atoms with Crippen molar-refractivity contribution in [3.63, 3.8) is 0 Å². The van der Waals surface area contributed by atoms with E-state index in [1.807, 2.05) is 23.7 Å². The molecule has 0 bridgehead atoms. The summed E-state index contributed by atoms with van der Waals surface area (Å²) in [6.45, 7) is 1.56. The molecule has 0 unspecified atom stereocenters. The highest BCUT2D eigenvalue weighted by atomic mass is 32.1. The normalized spacial score (nSPS) is 10.9. The second-order valence-corrected chi connectivity index (χ2v) is 4.80. The summed E-state index contributed by atoms with van der Waals surface area (Å²) < 4.78 is 0. The Kier molecular flexibility index (Phi) is 3.30. The van der Waals surface area contributed by atoms with Gasteiger partial charge in [-0.15, -0.1) is 11.3 Å². The topological polar surface area (TPSA) is 37.8 Å². The van der Waals surface area contributed by atoms with Crippen molar-refractivity contribution in [2.45, 2.75) is 13.1 Å². The number of para-hydroxylation sites is 1. The van der Waals surface area contributed by atoms with Crippen molar-refractivity contribution in [1.29, 1.82) is 0 Å². The number of fused-ring (bicyclic) bond motifs is 1. The van der Waals surface area contributed by atoms with Crippen LogP contribution in [0.1, 0.15) is 11.4 Å². The molecule has 0 saturated carbocycles. The number of rotatable bonds is 4. The Morgan fingerprint density at radius 2 is 1.89 bits per heavy atom. The molecule has 1 N–H and O–H groups in total. The van der Waals surface area contributed by atoms with Crippen LogP contribution in [0.2, 0.25) is 0 Å². The van der Waals surface area contributed by atoms with E-state index in [2.05, 4.69) is 38.9 Å². The van der Waals surface area contributed by atoms with Crippen molar-refractivity contribution < 1.29 is 0 Å². The first-order chi connectivity index (χ1) is 8.92. The zero-order valence-corrected chi connectivity index (χ0v) is 10.7. The summed E-state index contributed by atoms with van der Waals surface area (Å²) in [4.78, 5) is 8.85. The van der Waals surface area contributed by atoms with Gasteiger partial charge in [0, 0.05) is 23.9 Å². The Morgan fingerprint density at radius 3 is 2.78 bits per heavy atom. The Balaban J connectivity index is 1.67. The molecule has 0 fully saturated rings. The summed E-state index contributed by atoms with van der Waals surface area (Å²) in [6.07, 6.45) is 0. The second-order valence-electron chi connectivity index (χ2n) is 4.08. The predicted molar refractivity (Wildman–Crippen MR) is 74.4 cm³/mol. The fourth-order valence-corrected chi connectivity index (χ4v) is 2.41. The van der Waals surface area contributed by atoms with E-state index in [0.29, 0.717) is 0 Å². The van der Waals surface area contributed by atoms with Crippen LogP contribution in [0.5, 0.6) is 0 Å². The SMILES string of the molecule is c1ccc2nc(CNCc3cscn3)ccc2c1. The van der Waals surface area contributed by atoms with Crippen LogP contribution in [-0.4, -0.2) is 9.97 Å². The number of hydrogen-bond acceptors (Lipinski definition) is 4. The van der Waals surface area contributed by atoms with Crippen molar-refractivity contribution in [3.05, 3.63) is 58.7 Å². The minimum atomic E-state index is 0.766. The Morgan fingerprint density at radius 1 is 1.00 bits per heavy atom. The van der Waals surface area contributed by atoms with Gasteiger partial charge in [-0.25, -0.2) is 4.98 Å². The van der Waals surface area contributed by atoms with E-state index in [4.69, 9.17) is 0 Å². The summed E-state index contributed by atoms with van der Waals surface area (Å²) >= 11 is 1.62. The Bertz CT molecular complexity index is 634. The third-order valence-corrected chi connectivity index (χ3v) is 3.39. The van der Waals surface area contributed by atoms with Crippen LogP contribution in [0.3, 0.4) is 0 Å². The first kappa shape index (κ1) is 11.3. The molecule has 0 atom stereocenters. The van der Waals surface area contributed by atoms with Crippen LogP contribution in [-0.2, 0) is 13.1 Å². The molecule has 90 valence electrons. The van der Waals surface area contributed by atoms with Crippen molar-refractivity contribution in [2.75, 3.05) is 0 Å². The second kappa shape index (κ2) is 5.25. The van der Waals surface area contributed by atoms with Gasteiger partial charge in [0.1, 0.15) is 0 Å². The predicted octanol–water partition coefficient (Wildman–Crippen LogP) is 2.98. The first-order valence-corrected chi connectivity index (χ1v) is 6.78. The lowest BCUT2D eigenvalue weighted by Crippen LogP contribution is -2.13. The van der Waals surface area contributed by atoms with Gasteiger partial charge >= 0.3 is 0 Å². The fraction of sp³-hybridized carbons (Fsp3) is 0.143. The van der Waals surface area contributed by atoms with E-state index in [9.17, 15) is 0 Å². The van der Waals surface area contributed by atoms with E-state index in [0.717, 1.165) is 30.0 Å². The van der Waals surface area contributed by atoms with E-state index in [1.54, 1.807) is 11.3 Å². The van der Waals surface area contributed by atoms with Gasteiger partial charge in [0.05, 0.1) is 22.4 Å². The Labute approximate surface area is 110 Å². The molecule has 0 saturated heterocycles. The summed E-state index contributed by atoms with van der Waals surface area (Å²) in [5.41, 5.74) is 5.04. The number of nitrogens with zero attached hydrogens (tertiary/aromatic N) is 2. The number of aromatic nitrogens is 2. The van der Waals surface area contributed by atoms with Gasteiger partial charge in [0.15, 0.2) is 0 Å². The van der Waals surface area contributed by atoms with Crippen molar-refractivity contribution >= 4 is 22.2 Å². The van der Waals surface area contributed by atoms with E-state index >= 15 is 0 Å². The highest BCUT2D eigenvalue weighted by Gasteiger charge is 1.98. The summed E-state index contributed by atoms with van der Waals surface area (Å²) in [6, 6.07) is 12.3. The highest BCUT2D eigenvalue weighted by molar-refractivity contribution is 7.07. The molecule has 3 rings (SSSR count). The minimum absolute atomic E-state index is 0.766. The fourth-order valence-electron chi connectivity index (χ4n) is 1.85. The van der Waals surface area contributed by atoms with Gasteiger partial charge in [-0.05, 0) is 12.1 Å². The molecule has 3 aromatic rings. The minimum Gasteiger partial charge on any atom is -0.305 e. The molecule has 18 heavy (non-hydrogen) atoms. The zero-order chi connectivity index (χ0) is 12.2. The lowest BCUT2D eigenvalue weighted by molar-refractivity contribution is 0.672. The van der Waals surface area contributed by atoms with Gasteiger partial charge in [-0.1, -0.05) is 24.3 Å². The summed E-state index contributed by atoms with van der Waals surface area (Å²) in [7, 11) is 0. The van der Waals surface area contributed by atoms with Gasteiger partial charge in [0.2, 0.25) is 0 Å². The maximum Gasteiger partial charge on any atom is 0.0795 e. The largest absolute Gasteiger partial charge is 0.305 e. The van der Waals surface area contributed by atoms with Crippen molar-refractivity contribution in [2.24, 2.45) is 0 Å². The molecule has 0 amide bonds. The van der Waals surface area contributed by atoms with Gasteiger partial charge < -0.3 is 5.32 Å². The Hall–Kier alpha value is -1.78. The number of benzene rings is 1. The smallest absolute Gasteiger partial charge is 0.0795 e. The summed E-state index contributed by atoms with van der Waals surface area (Å²) in [5.74, 6) is 0. The van der Waals surface area contributed by atoms with Crippen LogP contribution in [0.25, 0.3) is 10.9 Å². The molecular weight excluding hydrogens is 242 g/mol. The highest BCUT2D eigenvalue weighted by Crippen LogP contribution is 2.11.